The molecule has 1 aromatic carbocycles. The summed E-state index contributed by atoms with van der Waals surface area (Å²) < 4.78 is 10.2. The molecule has 0 aromatic heterocycles. The number of halogens is 2. The van der Waals surface area contributed by atoms with Crippen molar-refractivity contribution < 1.29 is 14.3 Å². The van der Waals surface area contributed by atoms with Gasteiger partial charge in [0, 0.05) is 6.08 Å². The van der Waals surface area contributed by atoms with Gasteiger partial charge >= 0.3 is 5.97 Å². The number of esters is 1. The monoisotopic (exact) mass is 274 g/mol. The van der Waals surface area contributed by atoms with Crippen molar-refractivity contribution in [2.24, 2.45) is 0 Å². The summed E-state index contributed by atoms with van der Waals surface area (Å²) in [5.41, 5.74) is 0. The van der Waals surface area contributed by atoms with Gasteiger partial charge in [0.25, 0.3) is 0 Å². The van der Waals surface area contributed by atoms with Crippen molar-refractivity contribution in [3.8, 4) is 5.75 Å². The molecule has 3 nitrogen and oxygen atoms in total. The largest absolute Gasteiger partial charge is 0.487 e. The van der Waals surface area contributed by atoms with Crippen molar-refractivity contribution in [3.05, 3.63) is 40.4 Å². The molecule has 0 amide bonds. The topological polar surface area (TPSA) is 35.5 Å². The van der Waals surface area contributed by atoms with Crippen LogP contribution in [-0.4, -0.2) is 19.2 Å². The fourth-order valence-electron chi connectivity index (χ4n) is 1.09. The number of carbonyl (C=O) groups excluding carboxylic acids is 1. The third kappa shape index (κ3) is 4.67. The Morgan fingerprint density at radius 2 is 1.94 bits per heavy atom. The van der Waals surface area contributed by atoms with Crippen LogP contribution in [-0.2, 0) is 9.53 Å². The van der Waals surface area contributed by atoms with Gasteiger partial charge < -0.3 is 9.47 Å². The average molecular weight is 275 g/mol. The molecule has 1 aromatic rings. The second-order valence-corrected chi connectivity index (χ2v) is 3.88. The van der Waals surface area contributed by atoms with E-state index in [9.17, 15) is 4.79 Å². The van der Waals surface area contributed by atoms with Gasteiger partial charge in [-0.15, -0.1) is 0 Å². The molecule has 92 valence electrons. The first-order valence-electron chi connectivity index (χ1n) is 5.01. The van der Waals surface area contributed by atoms with Crippen molar-refractivity contribution in [2.75, 3.05) is 13.2 Å². The Balaban J connectivity index is 2.39. The highest BCUT2D eigenvalue weighted by molar-refractivity contribution is 6.37. The number of benzene rings is 1. The predicted octanol–water partition coefficient (Wildman–Crippen LogP) is 3.49. The van der Waals surface area contributed by atoms with Gasteiger partial charge in [-0.2, -0.15) is 0 Å². The van der Waals surface area contributed by atoms with E-state index in [1.165, 1.54) is 6.08 Å². The van der Waals surface area contributed by atoms with Crippen LogP contribution in [0.3, 0.4) is 0 Å². The maximum Gasteiger partial charge on any atom is 0.330 e. The van der Waals surface area contributed by atoms with Crippen LogP contribution in [0.25, 0.3) is 0 Å². The van der Waals surface area contributed by atoms with Crippen LogP contribution >= 0.6 is 23.2 Å². The van der Waals surface area contributed by atoms with Crippen molar-refractivity contribution in [1.29, 1.82) is 0 Å². The molecule has 0 spiro atoms. The lowest BCUT2D eigenvalue weighted by Crippen LogP contribution is -2.10. The van der Waals surface area contributed by atoms with Crippen LogP contribution < -0.4 is 4.74 Å². The van der Waals surface area contributed by atoms with E-state index in [0.29, 0.717) is 15.8 Å². The minimum Gasteiger partial charge on any atom is -0.487 e. The summed E-state index contributed by atoms with van der Waals surface area (Å²) in [6.45, 7) is 2.08. The van der Waals surface area contributed by atoms with E-state index in [0.717, 1.165) is 0 Å². The molecular weight excluding hydrogens is 263 g/mol. The summed E-state index contributed by atoms with van der Waals surface area (Å²) in [4.78, 5) is 11.0. The van der Waals surface area contributed by atoms with Gasteiger partial charge in [0.2, 0.25) is 0 Å². The van der Waals surface area contributed by atoms with Crippen molar-refractivity contribution in [3.63, 3.8) is 0 Å². The van der Waals surface area contributed by atoms with Crippen LogP contribution in [0.4, 0.5) is 0 Å². The minimum atomic E-state index is -0.402. The van der Waals surface area contributed by atoms with Crippen molar-refractivity contribution >= 4 is 29.2 Å². The Hall–Kier alpha value is -1.19. The lowest BCUT2D eigenvalue weighted by Gasteiger charge is -2.09. The van der Waals surface area contributed by atoms with Gasteiger partial charge in [-0.3, -0.25) is 0 Å². The molecule has 17 heavy (non-hydrogen) atoms. The predicted molar refractivity (Wildman–Crippen MR) is 67.7 cm³/mol. The summed E-state index contributed by atoms with van der Waals surface area (Å²) in [6, 6.07) is 5.08. The molecule has 5 heteroatoms. The molecule has 0 radical (unpaired) electrons. The zero-order valence-electron chi connectivity index (χ0n) is 9.28. The molecule has 0 heterocycles. The van der Waals surface area contributed by atoms with Crippen LogP contribution in [0, 0.1) is 0 Å². The van der Waals surface area contributed by atoms with Crippen LogP contribution in [0.1, 0.15) is 6.92 Å². The smallest absolute Gasteiger partial charge is 0.330 e. The molecule has 0 unspecified atom stereocenters. The number of hydrogen-bond acceptors (Lipinski definition) is 3. The molecule has 0 aliphatic heterocycles. The van der Waals surface area contributed by atoms with E-state index in [1.807, 2.05) is 0 Å². The molecule has 0 saturated heterocycles. The Labute approximate surface area is 110 Å². The van der Waals surface area contributed by atoms with Gasteiger partial charge in [0.05, 0.1) is 10.0 Å². The lowest BCUT2D eigenvalue weighted by molar-refractivity contribution is -0.138. The standard InChI is InChI=1S/C12H12Cl2O3/c1-2-4-11(15)16-7-8-17-12-9(13)5-3-6-10(12)14/h2-6H,7-8H2,1H3/b4-2-. The fraction of sp³-hybridized carbons (Fsp3) is 0.250. The normalized spacial score (nSPS) is 10.5. The molecule has 0 N–H and O–H groups in total. The average Bonchev–Trinajstić information content (AvgIpc) is 2.28. The third-order valence-electron chi connectivity index (χ3n) is 1.80. The summed E-state index contributed by atoms with van der Waals surface area (Å²) in [5, 5.41) is 0.856. The molecule has 0 aliphatic rings. The molecule has 1 rings (SSSR count). The number of allylic oxidation sites excluding steroid dienone is 1. The zero-order chi connectivity index (χ0) is 12.7. The summed E-state index contributed by atoms with van der Waals surface area (Å²) >= 11 is 11.8. The Kier molecular flexibility index (Phi) is 5.87. The quantitative estimate of drug-likeness (QED) is 0.468. The summed E-state index contributed by atoms with van der Waals surface area (Å²) in [7, 11) is 0. The summed E-state index contributed by atoms with van der Waals surface area (Å²) in [5.74, 6) is -0.000675. The second-order valence-electron chi connectivity index (χ2n) is 3.07. The van der Waals surface area contributed by atoms with E-state index in [1.54, 1.807) is 31.2 Å². The van der Waals surface area contributed by atoms with E-state index >= 15 is 0 Å². The second kappa shape index (κ2) is 7.20. The first-order valence-corrected chi connectivity index (χ1v) is 5.77. The highest BCUT2D eigenvalue weighted by Crippen LogP contribution is 2.32. The molecule has 0 bridgehead atoms. The molecule has 0 fully saturated rings. The lowest BCUT2D eigenvalue weighted by atomic mass is 10.3. The Bertz CT molecular complexity index is 396. The molecule has 0 aliphatic carbocycles. The van der Waals surface area contributed by atoms with E-state index in [4.69, 9.17) is 32.7 Å². The van der Waals surface area contributed by atoms with Crippen LogP contribution in [0.2, 0.25) is 10.0 Å². The van der Waals surface area contributed by atoms with Crippen LogP contribution in [0.5, 0.6) is 5.75 Å². The van der Waals surface area contributed by atoms with E-state index < -0.39 is 5.97 Å². The van der Waals surface area contributed by atoms with Crippen molar-refractivity contribution in [1.82, 2.24) is 0 Å². The highest BCUT2D eigenvalue weighted by atomic mass is 35.5. The van der Waals surface area contributed by atoms with Crippen LogP contribution in [0.15, 0.2) is 30.4 Å². The van der Waals surface area contributed by atoms with Crippen molar-refractivity contribution in [2.45, 2.75) is 6.92 Å². The van der Waals surface area contributed by atoms with Gasteiger partial charge in [-0.05, 0) is 19.1 Å². The minimum absolute atomic E-state index is 0.144. The maximum atomic E-state index is 11.0. The molecular formula is C12H12Cl2O3. The van der Waals surface area contributed by atoms with E-state index in [-0.39, 0.29) is 13.2 Å². The van der Waals surface area contributed by atoms with Gasteiger partial charge in [0.15, 0.2) is 5.75 Å². The van der Waals surface area contributed by atoms with E-state index in [2.05, 4.69) is 0 Å². The summed E-state index contributed by atoms with van der Waals surface area (Å²) in [6.07, 6.45) is 2.94. The third-order valence-corrected chi connectivity index (χ3v) is 2.39. The van der Waals surface area contributed by atoms with Gasteiger partial charge in [-0.1, -0.05) is 35.3 Å². The molecule has 0 saturated carbocycles. The highest BCUT2D eigenvalue weighted by Gasteiger charge is 2.06. The van der Waals surface area contributed by atoms with Gasteiger partial charge in [-0.25, -0.2) is 4.79 Å². The Morgan fingerprint density at radius 1 is 1.29 bits per heavy atom. The first kappa shape index (κ1) is 13.9. The first-order chi connectivity index (χ1) is 8.15. The number of ether oxygens (including phenoxy) is 2. The SMILES string of the molecule is C/C=C\C(=O)OCCOc1c(Cl)cccc1Cl. The zero-order valence-corrected chi connectivity index (χ0v) is 10.8. The number of para-hydroxylation sites is 1. The number of rotatable bonds is 5. The number of carbonyl (C=O) groups is 1. The molecule has 0 atom stereocenters. The Morgan fingerprint density at radius 3 is 2.53 bits per heavy atom. The van der Waals surface area contributed by atoms with Gasteiger partial charge in [0.1, 0.15) is 13.2 Å². The maximum absolute atomic E-state index is 11.0. The number of hydrogen-bond donors (Lipinski definition) is 0. The fourth-order valence-corrected chi connectivity index (χ4v) is 1.60.